The molecule has 3 rings (SSSR count). The second-order valence-electron chi connectivity index (χ2n) is 5.68. The molecule has 1 saturated heterocycles. The molecule has 0 unspecified atom stereocenters. The third-order valence-electron chi connectivity index (χ3n) is 3.68. The third kappa shape index (κ3) is 4.56. The number of amides is 3. The van der Waals surface area contributed by atoms with E-state index in [2.05, 4.69) is 5.32 Å². The normalized spacial score (nSPS) is 15.2. The van der Waals surface area contributed by atoms with Gasteiger partial charge in [0.05, 0.1) is 9.83 Å². The minimum atomic E-state index is -0.632. The summed E-state index contributed by atoms with van der Waals surface area (Å²) in [6.07, 6.45) is 1.38. The average molecular weight is 418 g/mol. The Bertz CT molecular complexity index is 1010. The summed E-state index contributed by atoms with van der Waals surface area (Å²) in [6, 6.07) is 12.1. The van der Waals surface area contributed by atoms with Gasteiger partial charge in [0.2, 0.25) is 5.91 Å². The fraction of sp³-hybridized carbons (Fsp3) is 0.0556. The van der Waals surface area contributed by atoms with Crippen molar-refractivity contribution in [3.63, 3.8) is 0 Å². The summed E-state index contributed by atoms with van der Waals surface area (Å²) in [5, 5.41) is 13.3. The van der Waals surface area contributed by atoms with Gasteiger partial charge in [-0.3, -0.25) is 29.4 Å². The van der Waals surface area contributed by atoms with Crippen molar-refractivity contribution in [1.29, 1.82) is 0 Å². The molecule has 2 aromatic carbocycles. The topological polar surface area (TPSA) is 110 Å². The number of carbonyl (C=O) groups excluding carboxylic acids is 3. The van der Waals surface area contributed by atoms with Crippen LogP contribution in [0.15, 0.2) is 53.4 Å². The Balaban J connectivity index is 1.71. The van der Waals surface area contributed by atoms with Crippen LogP contribution >= 0.6 is 23.4 Å². The van der Waals surface area contributed by atoms with Crippen LogP contribution in [0.5, 0.6) is 0 Å². The van der Waals surface area contributed by atoms with Crippen LogP contribution in [-0.2, 0) is 9.59 Å². The van der Waals surface area contributed by atoms with E-state index in [1.807, 2.05) is 0 Å². The number of nitrogens with zero attached hydrogens (tertiary/aromatic N) is 2. The molecule has 0 atom stereocenters. The van der Waals surface area contributed by atoms with E-state index in [1.165, 1.54) is 24.3 Å². The molecule has 2 aromatic rings. The Morgan fingerprint density at radius 3 is 2.61 bits per heavy atom. The number of imide groups is 1. The number of thioether (sulfide) groups is 1. The van der Waals surface area contributed by atoms with Gasteiger partial charge in [-0.1, -0.05) is 23.7 Å². The molecule has 3 amide bonds. The number of nitro benzene ring substituents is 1. The zero-order valence-corrected chi connectivity index (χ0v) is 15.7. The van der Waals surface area contributed by atoms with E-state index in [0.29, 0.717) is 28.0 Å². The molecular weight excluding hydrogens is 406 g/mol. The van der Waals surface area contributed by atoms with E-state index in [9.17, 15) is 24.5 Å². The van der Waals surface area contributed by atoms with Crippen LogP contribution < -0.4 is 5.32 Å². The van der Waals surface area contributed by atoms with Crippen molar-refractivity contribution in [2.24, 2.45) is 0 Å². The highest BCUT2D eigenvalue weighted by atomic mass is 35.5. The van der Waals surface area contributed by atoms with Crippen molar-refractivity contribution in [3.8, 4) is 0 Å². The molecule has 1 aliphatic heterocycles. The molecule has 0 bridgehead atoms. The smallest absolute Gasteiger partial charge is 0.294 e. The first kappa shape index (κ1) is 19.6. The summed E-state index contributed by atoms with van der Waals surface area (Å²) in [5.74, 6) is -1.17. The van der Waals surface area contributed by atoms with Crippen LogP contribution in [0.1, 0.15) is 5.56 Å². The van der Waals surface area contributed by atoms with Gasteiger partial charge in [0.1, 0.15) is 6.54 Å². The van der Waals surface area contributed by atoms with Crippen molar-refractivity contribution < 1.29 is 19.3 Å². The fourth-order valence-corrected chi connectivity index (χ4v) is 3.36. The number of benzene rings is 2. The van der Waals surface area contributed by atoms with Gasteiger partial charge in [-0.25, -0.2) is 0 Å². The standard InChI is InChI=1S/C18H12ClN3O5S/c19-12-4-6-13(7-5-12)20-16(23)10-21-17(24)15(28-18(21)25)9-11-2-1-3-14(8-11)22(26)27/h1-9H,10H2,(H,20,23)/b15-9+. The summed E-state index contributed by atoms with van der Waals surface area (Å²) in [4.78, 5) is 47.9. The summed E-state index contributed by atoms with van der Waals surface area (Å²) in [5.41, 5.74) is 0.758. The maximum Gasteiger partial charge on any atom is 0.294 e. The monoisotopic (exact) mass is 417 g/mol. The maximum atomic E-state index is 12.5. The van der Waals surface area contributed by atoms with E-state index < -0.39 is 28.5 Å². The Labute approximate surface area is 168 Å². The van der Waals surface area contributed by atoms with Gasteiger partial charge in [0.15, 0.2) is 0 Å². The van der Waals surface area contributed by atoms with Crippen molar-refractivity contribution in [2.75, 3.05) is 11.9 Å². The van der Waals surface area contributed by atoms with Crippen molar-refractivity contribution >= 4 is 57.9 Å². The Morgan fingerprint density at radius 2 is 1.93 bits per heavy atom. The van der Waals surface area contributed by atoms with Gasteiger partial charge in [-0.15, -0.1) is 0 Å². The first-order valence-electron chi connectivity index (χ1n) is 7.89. The van der Waals surface area contributed by atoms with Gasteiger partial charge in [-0.2, -0.15) is 0 Å². The van der Waals surface area contributed by atoms with Gasteiger partial charge < -0.3 is 5.32 Å². The molecule has 1 N–H and O–H groups in total. The molecule has 28 heavy (non-hydrogen) atoms. The number of hydrogen-bond acceptors (Lipinski definition) is 6. The number of carbonyl (C=O) groups is 3. The molecule has 1 fully saturated rings. The SMILES string of the molecule is O=C(CN1C(=O)S/C(=C/c2cccc([N+](=O)[O-])c2)C1=O)Nc1ccc(Cl)cc1. The van der Waals surface area contributed by atoms with E-state index in [1.54, 1.807) is 30.3 Å². The molecule has 142 valence electrons. The second kappa shape index (κ2) is 8.24. The van der Waals surface area contributed by atoms with Crippen LogP contribution in [0, 0.1) is 10.1 Å². The van der Waals surface area contributed by atoms with Crippen LogP contribution in [0.3, 0.4) is 0 Å². The highest BCUT2D eigenvalue weighted by Gasteiger charge is 2.36. The van der Waals surface area contributed by atoms with E-state index in [0.717, 1.165) is 4.90 Å². The van der Waals surface area contributed by atoms with E-state index in [4.69, 9.17) is 11.6 Å². The molecule has 0 radical (unpaired) electrons. The lowest BCUT2D eigenvalue weighted by atomic mass is 10.2. The predicted molar refractivity (Wildman–Crippen MR) is 106 cm³/mol. The van der Waals surface area contributed by atoms with Crippen LogP contribution in [0.25, 0.3) is 6.08 Å². The summed E-state index contributed by atoms with van der Waals surface area (Å²) in [7, 11) is 0. The summed E-state index contributed by atoms with van der Waals surface area (Å²) in [6.45, 7) is -0.445. The summed E-state index contributed by atoms with van der Waals surface area (Å²) >= 11 is 6.45. The maximum absolute atomic E-state index is 12.5. The number of anilines is 1. The predicted octanol–water partition coefficient (Wildman–Crippen LogP) is 3.92. The Morgan fingerprint density at radius 1 is 1.21 bits per heavy atom. The van der Waals surface area contributed by atoms with Crippen LogP contribution in [-0.4, -0.2) is 33.4 Å². The molecule has 0 saturated carbocycles. The Kier molecular flexibility index (Phi) is 5.76. The average Bonchev–Trinajstić information content (AvgIpc) is 2.91. The lowest BCUT2D eigenvalue weighted by Gasteiger charge is -2.12. The molecule has 1 heterocycles. The minimum Gasteiger partial charge on any atom is -0.325 e. The number of non-ortho nitro benzene ring substituents is 1. The van der Waals surface area contributed by atoms with Crippen molar-refractivity contribution in [1.82, 2.24) is 4.90 Å². The molecule has 0 spiro atoms. The molecule has 1 aliphatic rings. The first-order valence-corrected chi connectivity index (χ1v) is 9.08. The van der Waals surface area contributed by atoms with E-state index >= 15 is 0 Å². The fourth-order valence-electron chi connectivity index (χ4n) is 2.39. The highest BCUT2D eigenvalue weighted by Crippen LogP contribution is 2.32. The Hall–Kier alpha value is -3.17. The quantitative estimate of drug-likeness (QED) is 0.448. The third-order valence-corrected chi connectivity index (χ3v) is 4.84. The number of nitro groups is 1. The minimum absolute atomic E-state index is 0.0878. The lowest BCUT2D eigenvalue weighted by molar-refractivity contribution is -0.384. The molecule has 0 aliphatic carbocycles. The molecule has 10 heteroatoms. The molecule has 8 nitrogen and oxygen atoms in total. The van der Waals surface area contributed by atoms with Gasteiger partial charge in [0, 0.05) is 22.8 Å². The van der Waals surface area contributed by atoms with Gasteiger partial charge in [0.25, 0.3) is 16.8 Å². The summed E-state index contributed by atoms with van der Waals surface area (Å²) < 4.78 is 0. The van der Waals surface area contributed by atoms with Crippen molar-refractivity contribution in [3.05, 3.63) is 74.1 Å². The second-order valence-corrected chi connectivity index (χ2v) is 7.10. The van der Waals surface area contributed by atoms with Gasteiger partial charge >= 0.3 is 0 Å². The molecule has 0 aromatic heterocycles. The van der Waals surface area contributed by atoms with Crippen molar-refractivity contribution in [2.45, 2.75) is 0 Å². The lowest BCUT2D eigenvalue weighted by Crippen LogP contribution is -2.36. The molecular formula is C18H12ClN3O5S. The zero-order chi connectivity index (χ0) is 20.3. The number of nitrogens with one attached hydrogen (secondary N) is 1. The number of hydrogen-bond donors (Lipinski definition) is 1. The largest absolute Gasteiger partial charge is 0.325 e. The van der Waals surface area contributed by atoms with Crippen LogP contribution in [0.2, 0.25) is 5.02 Å². The number of halogens is 1. The first-order chi connectivity index (χ1) is 13.3. The zero-order valence-electron chi connectivity index (χ0n) is 14.1. The number of rotatable bonds is 5. The highest BCUT2D eigenvalue weighted by molar-refractivity contribution is 8.18. The van der Waals surface area contributed by atoms with Gasteiger partial charge in [-0.05, 0) is 47.7 Å². The van der Waals surface area contributed by atoms with Crippen LogP contribution in [0.4, 0.5) is 16.2 Å². The van der Waals surface area contributed by atoms with E-state index in [-0.39, 0.29) is 10.6 Å².